The number of methoxy groups -OCH3 is 1. The van der Waals surface area contributed by atoms with Crippen LogP contribution in [0.3, 0.4) is 0 Å². The second-order valence-electron chi connectivity index (χ2n) is 4.83. The summed E-state index contributed by atoms with van der Waals surface area (Å²) in [5.74, 6) is -0.287. The molecule has 1 amide bonds. The molecule has 0 unspecified atom stereocenters. The van der Waals surface area contributed by atoms with Gasteiger partial charge in [0, 0.05) is 23.3 Å². The van der Waals surface area contributed by atoms with E-state index in [9.17, 15) is 20.0 Å². The molecule has 0 atom stereocenters. The number of rotatable bonds is 5. The summed E-state index contributed by atoms with van der Waals surface area (Å²) in [6.07, 6.45) is 0. The molecule has 2 aromatic carbocycles. The Morgan fingerprint density at radius 1 is 1.25 bits per heavy atom. The van der Waals surface area contributed by atoms with Crippen molar-refractivity contribution in [2.45, 2.75) is 6.92 Å². The Labute approximate surface area is 137 Å². The van der Waals surface area contributed by atoms with Crippen molar-refractivity contribution in [3.05, 3.63) is 63.7 Å². The second-order valence-corrected chi connectivity index (χ2v) is 4.83. The molecule has 124 valence electrons. The Balaban J connectivity index is 2.16. The fraction of sp³-hybridized carbons (Fsp3) is 0.125. The van der Waals surface area contributed by atoms with Crippen molar-refractivity contribution >= 4 is 17.3 Å². The van der Waals surface area contributed by atoms with Crippen LogP contribution in [0.1, 0.15) is 22.8 Å². The Bertz CT molecular complexity index is 817. The van der Waals surface area contributed by atoms with E-state index < -0.39 is 10.8 Å². The predicted molar refractivity (Wildman–Crippen MR) is 87.4 cm³/mol. The molecule has 2 N–H and O–H groups in total. The second kappa shape index (κ2) is 7.23. The number of amides is 1. The van der Waals surface area contributed by atoms with Gasteiger partial charge in [-0.2, -0.15) is 5.10 Å². The first-order valence-electron chi connectivity index (χ1n) is 6.89. The molecule has 0 radical (unpaired) electrons. The molecule has 0 spiro atoms. The fourth-order valence-corrected chi connectivity index (χ4v) is 1.93. The molecule has 0 aliphatic carbocycles. The standard InChI is InChI=1S/C16H15N3O5/c1-10(11-6-7-14(20)15(9-11)24-2)17-18-16(21)12-4-3-5-13(8-12)19(22)23/h3-9,20H,1-2H3,(H,18,21)/b17-10-. The normalized spacial score (nSPS) is 11.0. The molecule has 0 heterocycles. The van der Waals surface area contributed by atoms with Crippen LogP contribution in [0.25, 0.3) is 0 Å². The topological polar surface area (TPSA) is 114 Å². The number of carbonyl (C=O) groups excluding carboxylic acids is 1. The lowest BCUT2D eigenvalue weighted by Crippen LogP contribution is -2.19. The van der Waals surface area contributed by atoms with E-state index in [4.69, 9.17) is 4.74 Å². The average molecular weight is 329 g/mol. The van der Waals surface area contributed by atoms with Gasteiger partial charge in [0.05, 0.1) is 17.7 Å². The average Bonchev–Trinajstić information content (AvgIpc) is 2.59. The molecule has 0 aliphatic rings. The zero-order chi connectivity index (χ0) is 17.7. The van der Waals surface area contributed by atoms with Crippen LogP contribution in [0.5, 0.6) is 11.5 Å². The summed E-state index contributed by atoms with van der Waals surface area (Å²) >= 11 is 0. The third kappa shape index (κ3) is 3.86. The van der Waals surface area contributed by atoms with E-state index in [0.717, 1.165) is 0 Å². The first-order valence-corrected chi connectivity index (χ1v) is 6.89. The maximum absolute atomic E-state index is 12.0. The minimum absolute atomic E-state index is 0.00493. The molecular weight excluding hydrogens is 314 g/mol. The number of aromatic hydroxyl groups is 1. The Hall–Kier alpha value is -3.42. The Morgan fingerprint density at radius 3 is 2.67 bits per heavy atom. The molecule has 2 aromatic rings. The van der Waals surface area contributed by atoms with Crippen LogP contribution in [0, 0.1) is 10.1 Å². The lowest BCUT2D eigenvalue weighted by atomic mass is 10.1. The van der Waals surface area contributed by atoms with Gasteiger partial charge in [0.25, 0.3) is 11.6 Å². The van der Waals surface area contributed by atoms with Gasteiger partial charge in [0.15, 0.2) is 11.5 Å². The van der Waals surface area contributed by atoms with E-state index in [0.29, 0.717) is 11.3 Å². The number of phenolic OH excluding ortho intramolecular Hbond substituents is 1. The Morgan fingerprint density at radius 2 is 2.00 bits per heavy atom. The molecule has 8 nitrogen and oxygen atoms in total. The Kier molecular flexibility index (Phi) is 5.10. The van der Waals surface area contributed by atoms with Crippen molar-refractivity contribution < 1.29 is 19.6 Å². The smallest absolute Gasteiger partial charge is 0.271 e. The van der Waals surface area contributed by atoms with Crippen LogP contribution in [-0.4, -0.2) is 28.8 Å². The third-order valence-electron chi connectivity index (χ3n) is 3.24. The maximum Gasteiger partial charge on any atom is 0.271 e. The van der Waals surface area contributed by atoms with Crippen molar-refractivity contribution in [2.75, 3.05) is 7.11 Å². The van der Waals surface area contributed by atoms with Gasteiger partial charge in [-0.25, -0.2) is 5.43 Å². The van der Waals surface area contributed by atoms with Gasteiger partial charge in [0.2, 0.25) is 0 Å². The van der Waals surface area contributed by atoms with Gasteiger partial charge < -0.3 is 9.84 Å². The number of non-ortho nitro benzene ring substituents is 1. The van der Waals surface area contributed by atoms with E-state index in [-0.39, 0.29) is 22.7 Å². The number of carbonyl (C=O) groups is 1. The minimum atomic E-state index is -0.575. The van der Waals surface area contributed by atoms with Crippen LogP contribution in [0.4, 0.5) is 5.69 Å². The van der Waals surface area contributed by atoms with Crippen LogP contribution in [0.2, 0.25) is 0 Å². The zero-order valence-electron chi connectivity index (χ0n) is 13.0. The summed E-state index contributed by atoms with van der Waals surface area (Å²) in [5, 5.41) is 24.3. The predicted octanol–water partition coefficient (Wildman–Crippen LogP) is 2.46. The number of nitro benzene ring substituents is 1. The SMILES string of the molecule is COc1cc(/C(C)=N\NC(=O)c2cccc([N+](=O)[O-])c2)ccc1O. The maximum atomic E-state index is 12.0. The molecule has 24 heavy (non-hydrogen) atoms. The molecule has 0 bridgehead atoms. The fourth-order valence-electron chi connectivity index (χ4n) is 1.93. The first kappa shape index (κ1) is 16.9. The number of nitro groups is 1. The van der Waals surface area contributed by atoms with Crippen LogP contribution >= 0.6 is 0 Å². The van der Waals surface area contributed by atoms with Crippen LogP contribution < -0.4 is 10.2 Å². The minimum Gasteiger partial charge on any atom is -0.504 e. The molecule has 0 saturated heterocycles. The molecule has 8 heteroatoms. The van der Waals surface area contributed by atoms with Gasteiger partial charge in [-0.3, -0.25) is 14.9 Å². The molecule has 0 saturated carbocycles. The summed E-state index contributed by atoms with van der Waals surface area (Å²) in [6.45, 7) is 1.67. The van der Waals surface area contributed by atoms with Gasteiger partial charge >= 0.3 is 0 Å². The number of phenols is 1. The summed E-state index contributed by atoms with van der Waals surface area (Å²) in [5.41, 5.74) is 3.41. The zero-order valence-corrected chi connectivity index (χ0v) is 13.0. The summed E-state index contributed by atoms with van der Waals surface area (Å²) in [4.78, 5) is 22.2. The van der Waals surface area contributed by atoms with Crippen molar-refractivity contribution in [2.24, 2.45) is 5.10 Å². The van der Waals surface area contributed by atoms with Crippen LogP contribution in [0.15, 0.2) is 47.6 Å². The number of nitrogens with zero attached hydrogens (tertiary/aromatic N) is 2. The van der Waals surface area contributed by atoms with Crippen molar-refractivity contribution in [3.63, 3.8) is 0 Å². The van der Waals surface area contributed by atoms with Gasteiger partial charge in [-0.05, 0) is 31.2 Å². The van der Waals surface area contributed by atoms with E-state index in [1.54, 1.807) is 19.1 Å². The third-order valence-corrected chi connectivity index (χ3v) is 3.24. The lowest BCUT2D eigenvalue weighted by Gasteiger charge is -2.07. The highest BCUT2D eigenvalue weighted by molar-refractivity contribution is 6.01. The monoisotopic (exact) mass is 329 g/mol. The number of benzene rings is 2. The quantitative estimate of drug-likeness (QED) is 0.497. The molecule has 2 rings (SSSR count). The highest BCUT2D eigenvalue weighted by Gasteiger charge is 2.11. The van der Waals surface area contributed by atoms with Crippen LogP contribution in [-0.2, 0) is 0 Å². The van der Waals surface area contributed by atoms with Crippen molar-refractivity contribution in [1.29, 1.82) is 0 Å². The molecular formula is C16H15N3O5. The summed E-state index contributed by atoms with van der Waals surface area (Å²) in [7, 11) is 1.43. The lowest BCUT2D eigenvalue weighted by molar-refractivity contribution is -0.384. The highest BCUT2D eigenvalue weighted by Crippen LogP contribution is 2.26. The summed E-state index contributed by atoms with van der Waals surface area (Å²) in [6, 6.07) is 10.0. The summed E-state index contributed by atoms with van der Waals surface area (Å²) < 4.78 is 5.01. The number of nitrogens with one attached hydrogen (secondary N) is 1. The molecule has 0 aromatic heterocycles. The number of hydrazone groups is 1. The van der Waals surface area contributed by atoms with Gasteiger partial charge in [-0.15, -0.1) is 0 Å². The molecule has 0 fully saturated rings. The number of ether oxygens (including phenoxy) is 1. The number of hydrogen-bond donors (Lipinski definition) is 2. The van der Waals surface area contributed by atoms with Gasteiger partial charge in [0.1, 0.15) is 0 Å². The first-order chi connectivity index (χ1) is 11.4. The van der Waals surface area contributed by atoms with E-state index in [2.05, 4.69) is 10.5 Å². The largest absolute Gasteiger partial charge is 0.504 e. The van der Waals surface area contributed by atoms with Crippen molar-refractivity contribution in [3.8, 4) is 11.5 Å². The molecule has 0 aliphatic heterocycles. The number of hydrogen-bond acceptors (Lipinski definition) is 6. The van der Waals surface area contributed by atoms with E-state index >= 15 is 0 Å². The van der Waals surface area contributed by atoms with E-state index in [1.807, 2.05) is 0 Å². The van der Waals surface area contributed by atoms with E-state index in [1.165, 1.54) is 37.4 Å². The van der Waals surface area contributed by atoms with Crippen molar-refractivity contribution in [1.82, 2.24) is 5.43 Å². The van der Waals surface area contributed by atoms with Gasteiger partial charge in [-0.1, -0.05) is 6.07 Å². The highest BCUT2D eigenvalue weighted by atomic mass is 16.6.